The molecule has 0 amide bonds. The molecule has 0 radical (unpaired) electrons. The third-order valence-electron chi connectivity index (χ3n) is 2.35. The summed E-state index contributed by atoms with van der Waals surface area (Å²) in [5, 5.41) is 11.5. The first-order chi connectivity index (χ1) is 6.66. The molecule has 1 aliphatic carbocycles. The van der Waals surface area contributed by atoms with Gasteiger partial charge >= 0.3 is 5.97 Å². The number of halogens is 1. The van der Waals surface area contributed by atoms with Crippen LogP contribution in [0.3, 0.4) is 0 Å². The van der Waals surface area contributed by atoms with Crippen molar-refractivity contribution in [3.63, 3.8) is 0 Å². The van der Waals surface area contributed by atoms with Crippen LogP contribution in [-0.4, -0.2) is 17.6 Å². The molecule has 1 heterocycles. The highest BCUT2D eigenvalue weighted by Crippen LogP contribution is 2.39. The molecule has 2 rings (SSSR count). The molecule has 1 atom stereocenters. The molecule has 14 heavy (non-hydrogen) atoms. The second-order valence-corrected chi connectivity index (χ2v) is 5.06. The molecule has 5 heteroatoms. The summed E-state index contributed by atoms with van der Waals surface area (Å²) in [5.74, 6) is -0.820. The number of aryl methyl sites for hydroxylation is 1. The van der Waals surface area contributed by atoms with Gasteiger partial charge in [-0.2, -0.15) is 0 Å². The van der Waals surface area contributed by atoms with Crippen molar-refractivity contribution in [2.45, 2.75) is 18.9 Å². The van der Waals surface area contributed by atoms with E-state index in [1.165, 1.54) is 10.4 Å². The van der Waals surface area contributed by atoms with Gasteiger partial charge in [0.15, 0.2) is 0 Å². The second kappa shape index (κ2) is 3.88. The van der Waals surface area contributed by atoms with E-state index in [1.54, 1.807) is 11.3 Å². The summed E-state index contributed by atoms with van der Waals surface area (Å²) in [4.78, 5) is 11.7. The highest BCUT2D eigenvalue weighted by Gasteiger charge is 2.24. The molecule has 3 nitrogen and oxygen atoms in total. The number of hydrogen-bond acceptors (Lipinski definition) is 3. The highest BCUT2D eigenvalue weighted by atomic mass is 35.5. The molecule has 0 aliphatic heterocycles. The number of thiophene rings is 1. The average Bonchev–Trinajstić information content (AvgIpc) is 2.60. The molecule has 0 saturated carbocycles. The van der Waals surface area contributed by atoms with Gasteiger partial charge in [0, 0.05) is 10.9 Å². The van der Waals surface area contributed by atoms with E-state index >= 15 is 0 Å². The SMILES string of the molecule is O=C(O)CNC1CCc2sc(Cl)cc21. The smallest absolute Gasteiger partial charge is 0.317 e. The van der Waals surface area contributed by atoms with Gasteiger partial charge in [-0.3, -0.25) is 10.1 Å². The third-order valence-corrected chi connectivity index (χ3v) is 3.69. The van der Waals surface area contributed by atoms with Crippen LogP contribution >= 0.6 is 22.9 Å². The van der Waals surface area contributed by atoms with Crippen molar-refractivity contribution in [3.8, 4) is 0 Å². The van der Waals surface area contributed by atoms with Crippen LogP contribution in [0.2, 0.25) is 4.34 Å². The van der Waals surface area contributed by atoms with Gasteiger partial charge in [-0.15, -0.1) is 11.3 Å². The normalized spacial score (nSPS) is 19.6. The molecule has 0 bridgehead atoms. The number of aliphatic carboxylic acids is 1. The number of fused-ring (bicyclic) bond motifs is 1. The van der Waals surface area contributed by atoms with Gasteiger partial charge < -0.3 is 5.11 Å². The molecule has 0 fully saturated rings. The van der Waals surface area contributed by atoms with Gasteiger partial charge in [0.25, 0.3) is 0 Å². The van der Waals surface area contributed by atoms with E-state index in [0.717, 1.165) is 17.2 Å². The number of hydrogen-bond donors (Lipinski definition) is 2. The van der Waals surface area contributed by atoms with E-state index in [1.807, 2.05) is 6.07 Å². The molecule has 2 N–H and O–H groups in total. The van der Waals surface area contributed by atoms with Gasteiger partial charge in [0.1, 0.15) is 0 Å². The minimum atomic E-state index is -0.820. The first-order valence-corrected chi connectivity index (χ1v) is 5.59. The summed E-state index contributed by atoms with van der Waals surface area (Å²) < 4.78 is 0.789. The van der Waals surface area contributed by atoms with Crippen LogP contribution in [0.15, 0.2) is 6.07 Å². The fraction of sp³-hybridized carbons (Fsp3) is 0.444. The molecule has 1 unspecified atom stereocenters. The molecule has 1 aliphatic rings. The third kappa shape index (κ3) is 1.92. The van der Waals surface area contributed by atoms with E-state index in [9.17, 15) is 4.79 Å². The number of nitrogens with one attached hydrogen (secondary N) is 1. The second-order valence-electron chi connectivity index (χ2n) is 3.29. The van der Waals surface area contributed by atoms with Crippen molar-refractivity contribution in [1.29, 1.82) is 0 Å². The Bertz CT molecular complexity index is 364. The van der Waals surface area contributed by atoms with Crippen LogP contribution < -0.4 is 5.32 Å². The fourth-order valence-electron chi connectivity index (χ4n) is 1.75. The summed E-state index contributed by atoms with van der Waals surface area (Å²) >= 11 is 7.47. The van der Waals surface area contributed by atoms with E-state index in [2.05, 4.69) is 5.32 Å². The molecular weight excluding hydrogens is 222 g/mol. The lowest BCUT2D eigenvalue weighted by atomic mass is 10.2. The maximum Gasteiger partial charge on any atom is 0.317 e. The van der Waals surface area contributed by atoms with Crippen LogP contribution in [0.4, 0.5) is 0 Å². The average molecular weight is 232 g/mol. The number of carboxylic acids is 1. The van der Waals surface area contributed by atoms with Crippen molar-refractivity contribution in [1.82, 2.24) is 5.32 Å². The minimum absolute atomic E-state index is 0.0115. The largest absolute Gasteiger partial charge is 0.480 e. The first-order valence-electron chi connectivity index (χ1n) is 4.40. The highest BCUT2D eigenvalue weighted by molar-refractivity contribution is 7.16. The van der Waals surface area contributed by atoms with Crippen LogP contribution in [0.5, 0.6) is 0 Å². The van der Waals surface area contributed by atoms with Crippen molar-refractivity contribution >= 4 is 28.9 Å². The van der Waals surface area contributed by atoms with E-state index < -0.39 is 5.97 Å². The zero-order valence-electron chi connectivity index (χ0n) is 7.42. The van der Waals surface area contributed by atoms with Gasteiger partial charge in [-0.1, -0.05) is 11.6 Å². The van der Waals surface area contributed by atoms with Gasteiger partial charge in [0.2, 0.25) is 0 Å². The molecule has 0 saturated heterocycles. The maximum atomic E-state index is 10.4. The van der Waals surface area contributed by atoms with Gasteiger partial charge in [0.05, 0.1) is 10.9 Å². The summed E-state index contributed by atoms with van der Waals surface area (Å²) in [5.41, 5.74) is 1.18. The molecule has 1 aromatic rings. The number of carbonyl (C=O) groups is 1. The zero-order chi connectivity index (χ0) is 10.1. The first kappa shape index (κ1) is 9.96. The molecular formula is C9H10ClNO2S. The molecule has 76 valence electrons. The summed E-state index contributed by atoms with van der Waals surface area (Å²) in [6.07, 6.45) is 1.98. The van der Waals surface area contributed by atoms with Crippen LogP contribution in [0.25, 0.3) is 0 Å². The Hall–Kier alpha value is -0.580. The Morgan fingerprint density at radius 3 is 3.29 bits per heavy atom. The van der Waals surface area contributed by atoms with Crippen LogP contribution in [0.1, 0.15) is 22.9 Å². The molecule has 0 aromatic carbocycles. The van der Waals surface area contributed by atoms with Gasteiger partial charge in [-0.05, 0) is 24.5 Å². The Morgan fingerprint density at radius 2 is 2.57 bits per heavy atom. The van der Waals surface area contributed by atoms with Crippen molar-refractivity contribution < 1.29 is 9.90 Å². The minimum Gasteiger partial charge on any atom is -0.480 e. The Morgan fingerprint density at radius 1 is 1.79 bits per heavy atom. The fourth-order valence-corrected chi connectivity index (χ4v) is 3.11. The zero-order valence-corrected chi connectivity index (χ0v) is 8.99. The van der Waals surface area contributed by atoms with Crippen molar-refractivity contribution in [2.24, 2.45) is 0 Å². The van der Waals surface area contributed by atoms with Crippen LogP contribution in [-0.2, 0) is 11.2 Å². The van der Waals surface area contributed by atoms with Crippen molar-refractivity contribution in [3.05, 3.63) is 20.8 Å². The Kier molecular flexibility index (Phi) is 2.76. The van der Waals surface area contributed by atoms with E-state index in [0.29, 0.717) is 0 Å². The van der Waals surface area contributed by atoms with E-state index in [4.69, 9.17) is 16.7 Å². The number of carboxylic acid groups (broad SMARTS) is 1. The molecule has 0 spiro atoms. The quantitative estimate of drug-likeness (QED) is 0.837. The standard InChI is InChI=1S/C9H10ClNO2S/c10-8-3-5-6(11-4-9(12)13)1-2-7(5)14-8/h3,6,11H,1-2,4H2,(H,12,13). The topological polar surface area (TPSA) is 49.3 Å². The van der Waals surface area contributed by atoms with Crippen LogP contribution in [0, 0.1) is 0 Å². The summed E-state index contributed by atoms with van der Waals surface area (Å²) in [7, 11) is 0. The molecule has 1 aromatic heterocycles. The van der Waals surface area contributed by atoms with E-state index in [-0.39, 0.29) is 12.6 Å². The van der Waals surface area contributed by atoms with Crippen molar-refractivity contribution in [2.75, 3.05) is 6.54 Å². The summed E-state index contributed by atoms with van der Waals surface area (Å²) in [6, 6.07) is 2.11. The van der Waals surface area contributed by atoms with Gasteiger partial charge in [-0.25, -0.2) is 0 Å². The Labute approximate surface area is 90.7 Å². The lowest BCUT2D eigenvalue weighted by Crippen LogP contribution is -2.25. The lowest BCUT2D eigenvalue weighted by molar-refractivity contribution is -0.136. The predicted molar refractivity (Wildman–Crippen MR) is 56.0 cm³/mol. The Balaban J connectivity index is 2.06. The lowest BCUT2D eigenvalue weighted by Gasteiger charge is -2.09. The maximum absolute atomic E-state index is 10.4. The predicted octanol–water partition coefficient (Wildman–Crippen LogP) is 2.06. The number of rotatable bonds is 3. The monoisotopic (exact) mass is 231 g/mol. The summed E-state index contributed by atoms with van der Waals surface area (Å²) in [6.45, 7) is 0.0115.